The van der Waals surface area contributed by atoms with Crippen LogP contribution in [0.2, 0.25) is 0 Å². The Kier molecular flexibility index (Phi) is 8.56. The summed E-state index contributed by atoms with van der Waals surface area (Å²) in [6, 6.07) is -0.751. The van der Waals surface area contributed by atoms with Crippen LogP contribution in [0.1, 0.15) is 98.8 Å². The van der Waals surface area contributed by atoms with Crippen LogP contribution in [0.25, 0.3) is 0 Å². The lowest BCUT2D eigenvalue weighted by atomic mass is 9.41. The van der Waals surface area contributed by atoms with Crippen LogP contribution in [-0.4, -0.2) is 59.9 Å². The number of amides is 2. The second-order valence-electron chi connectivity index (χ2n) is 14.1. The van der Waals surface area contributed by atoms with Gasteiger partial charge in [0.05, 0.1) is 18.8 Å². The Morgan fingerprint density at radius 2 is 1.66 bits per heavy atom. The molecule has 8 nitrogen and oxygen atoms in total. The normalized spacial score (nSPS) is 43.1. The van der Waals surface area contributed by atoms with Crippen molar-refractivity contribution in [2.24, 2.45) is 46.3 Å². The minimum Gasteiger partial charge on any atom is -0.395 e. The lowest BCUT2D eigenvalue weighted by Crippen LogP contribution is -2.62. The van der Waals surface area contributed by atoms with Crippen LogP contribution in [0.15, 0.2) is 0 Å². The molecule has 0 aromatic heterocycles. The fourth-order valence-electron chi connectivity index (χ4n) is 9.47. The van der Waals surface area contributed by atoms with E-state index in [0.29, 0.717) is 36.1 Å². The fourth-order valence-corrected chi connectivity index (χ4v) is 10.2. The van der Waals surface area contributed by atoms with Gasteiger partial charge in [0.2, 0.25) is 10.0 Å². The van der Waals surface area contributed by atoms with E-state index in [0.717, 1.165) is 57.8 Å². The van der Waals surface area contributed by atoms with Gasteiger partial charge in [-0.05, 0) is 118 Å². The molecule has 0 radical (unpaired) electrons. The lowest BCUT2D eigenvalue weighted by molar-refractivity contribution is -0.202. The number of carbonyl (C=O) groups excluding carboxylic acids is 1. The molecule has 0 saturated heterocycles. The number of aliphatic hydroxyl groups excluding tert-OH is 3. The predicted octanol–water partition coefficient (Wildman–Crippen LogP) is 3.79. The second kappa shape index (κ2) is 10.8. The zero-order chi connectivity index (χ0) is 28.1. The highest BCUT2D eigenvalue weighted by atomic mass is 32.2. The Morgan fingerprint density at radius 1 is 1.00 bits per heavy atom. The molecule has 0 unspecified atom stereocenters. The van der Waals surface area contributed by atoms with Crippen molar-refractivity contribution in [3.05, 3.63) is 0 Å². The number of fused-ring (bicyclic) bond motifs is 5. The minimum atomic E-state index is -3.98. The molecule has 38 heavy (non-hydrogen) atoms. The van der Waals surface area contributed by atoms with E-state index in [1.807, 2.05) is 4.72 Å². The maximum absolute atomic E-state index is 12.3. The second-order valence-corrected chi connectivity index (χ2v) is 16.4. The highest BCUT2D eigenvalue weighted by Gasteiger charge is 2.64. The monoisotopic (exact) mass is 556 g/mol. The van der Waals surface area contributed by atoms with E-state index >= 15 is 0 Å². The molecular weight excluding hydrogens is 504 g/mol. The van der Waals surface area contributed by atoms with Crippen molar-refractivity contribution in [2.75, 3.05) is 13.2 Å². The first-order valence-corrected chi connectivity index (χ1v) is 16.5. The summed E-state index contributed by atoms with van der Waals surface area (Å²) in [5, 5.41) is 34.3. The van der Waals surface area contributed by atoms with Crippen LogP contribution in [-0.2, 0) is 10.0 Å². The molecule has 4 saturated carbocycles. The first kappa shape index (κ1) is 30.1. The maximum Gasteiger partial charge on any atom is 0.328 e. The number of urea groups is 1. The molecule has 0 spiro atoms. The van der Waals surface area contributed by atoms with E-state index in [1.54, 1.807) is 0 Å². The summed E-state index contributed by atoms with van der Waals surface area (Å²) in [6.07, 6.45) is 9.54. The fraction of sp³-hybridized carbons (Fsp3) is 0.966. The molecule has 0 aromatic rings. The molecule has 0 aromatic carbocycles. The molecule has 0 bridgehead atoms. The minimum absolute atomic E-state index is 0.175. The Hall–Kier alpha value is -0.900. The zero-order valence-electron chi connectivity index (χ0n) is 24.1. The van der Waals surface area contributed by atoms with Gasteiger partial charge in [0.15, 0.2) is 0 Å². The number of nitrogens with one attached hydrogen (secondary N) is 2. The summed E-state index contributed by atoms with van der Waals surface area (Å²) in [6.45, 7) is 9.66. The average molecular weight is 557 g/mol. The molecular formula is C29H52N2O6S. The van der Waals surface area contributed by atoms with E-state index < -0.39 is 27.4 Å². The number of rotatable bonds is 8. The topological polar surface area (TPSA) is 136 Å². The highest BCUT2D eigenvalue weighted by Crippen LogP contribution is 2.69. The van der Waals surface area contributed by atoms with Crippen LogP contribution in [0.4, 0.5) is 4.79 Å². The van der Waals surface area contributed by atoms with Gasteiger partial charge in [-0.1, -0.05) is 27.2 Å². The van der Waals surface area contributed by atoms with Gasteiger partial charge >= 0.3 is 6.03 Å². The van der Waals surface area contributed by atoms with Gasteiger partial charge in [-0.2, -0.15) is 0 Å². The van der Waals surface area contributed by atoms with Crippen LogP contribution in [0, 0.1) is 46.3 Å². The van der Waals surface area contributed by atoms with Crippen LogP contribution >= 0.6 is 0 Å². The largest absolute Gasteiger partial charge is 0.395 e. The van der Waals surface area contributed by atoms with Crippen molar-refractivity contribution < 1.29 is 28.5 Å². The predicted molar refractivity (Wildman–Crippen MR) is 148 cm³/mol. The van der Waals surface area contributed by atoms with Gasteiger partial charge in [-0.25, -0.2) is 17.9 Å². The summed E-state index contributed by atoms with van der Waals surface area (Å²) in [5.74, 6) is 2.53. The van der Waals surface area contributed by atoms with E-state index in [2.05, 4.69) is 26.1 Å². The van der Waals surface area contributed by atoms with Crippen molar-refractivity contribution in [1.29, 1.82) is 0 Å². The molecule has 5 N–H and O–H groups in total. The first-order valence-electron chi connectivity index (χ1n) is 15.0. The van der Waals surface area contributed by atoms with Gasteiger partial charge in [0.25, 0.3) is 0 Å². The third-order valence-electron chi connectivity index (χ3n) is 11.9. The van der Waals surface area contributed by atoms with Crippen LogP contribution in [0.3, 0.4) is 0 Å². The van der Waals surface area contributed by atoms with Crippen molar-refractivity contribution in [1.82, 2.24) is 10.0 Å². The molecule has 0 heterocycles. The Labute approximate surface area is 229 Å². The van der Waals surface area contributed by atoms with Gasteiger partial charge in [-0.15, -0.1) is 0 Å². The lowest BCUT2D eigenvalue weighted by Gasteiger charge is -2.64. The van der Waals surface area contributed by atoms with Gasteiger partial charge in [0.1, 0.15) is 4.75 Å². The van der Waals surface area contributed by atoms with Crippen molar-refractivity contribution in [3.8, 4) is 0 Å². The maximum atomic E-state index is 12.3. The average Bonchev–Trinajstić information content (AvgIpc) is 3.19. The summed E-state index contributed by atoms with van der Waals surface area (Å²) < 4.78 is 25.2. The highest BCUT2D eigenvalue weighted by molar-refractivity contribution is 7.91. The summed E-state index contributed by atoms with van der Waals surface area (Å²) in [7, 11) is -3.98. The first-order chi connectivity index (χ1) is 17.7. The van der Waals surface area contributed by atoms with Crippen molar-refractivity contribution >= 4 is 16.1 Å². The van der Waals surface area contributed by atoms with E-state index in [-0.39, 0.29) is 29.0 Å². The number of carbonyl (C=O) groups is 1. The molecule has 4 rings (SSSR count). The van der Waals surface area contributed by atoms with Gasteiger partial charge in [-0.3, -0.25) is 0 Å². The molecule has 9 heteroatoms. The molecule has 4 fully saturated rings. The van der Waals surface area contributed by atoms with Gasteiger partial charge < -0.3 is 20.6 Å². The molecule has 220 valence electrons. The summed E-state index contributed by atoms with van der Waals surface area (Å²) in [5.41, 5.74) is 0.375. The number of hydrogen-bond donors (Lipinski definition) is 5. The number of sulfonamides is 1. The Bertz CT molecular complexity index is 972. The molecule has 4 aliphatic rings. The molecule has 0 aliphatic heterocycles. The van der Waals surface area contributed by atoms with E-state index in [1.165, 1.54) is 20.3 Å². The van der Waals surface area contributed by atoms with Gasteiger partial charge in [0, 0.05) is 6.54 Å². The smallest absolute Gasteiger partial charge is 0.328 e. The zero-order valence-corrected chi connectivity index (χ0v) is 24.9. The Balaban J connectivity index is 1.37. The summed E-state index contributed by atoms with van der Waals surface area (Å²) >= 11 is 0. The van der Waals surface area contributed by atoms with E-state index in [4.69, 9.17) is 0 Å². The van der Waals surface area contributed by atoms with Crippen molar-refractivity contribution in [2.45, 2.75) is 116 Å². The van der Waals surface area contributed by atoms with Crippen LogP contribution < -0.4 is 10.0 Å². The SMILES string of the molecule is CC[C@H]1[C@@H](O)[C@@H]2[C@H](CC[C@]3(C)[C@@H](CCCNC(=O)NS(=O)(=O)C(C)(C)CO)CC[C@@H]23)[C@@]2(C)CC[C@@H](O)C[C@@H]12. The molecule has 10 atom stereocenters. The number of aliphatic hydroxyl groups is 3. The van der Waals surface area contributed by atoms with E-state index in [9.17, 15) is 28.5 Å². The van der Waals surface area contributed by atoms with Crippen molar-refractivity contribution in [3.63, 3.8) is 0 Å². The third-order valence-corrected chi connectivity index (χ3v) is 14.0. The standard InChI is InChI=1S/C29H52N2O6S/c1-6-20-23-16-19(33)11-13-29(23,5)22-12-14-28(4)18(9-10-21(28)24(22)25(20)34)8-7-15-30-26(35)31-38(36,37)27(2,3)17-32/h18-25,32-34H,6-17H2,1-5H3,(H2,30,31,35)/t18-,19+,20+,21-,22-,23-,24-,25+,28+,29+/m0/s1. The molecule has 4 aliphatic carbocycles. The molecule has 2 amide bonds. The number of hydrogen-bond acceptors (Lipinski definition) is 6. The van der Waals surface area contributed by atoms with Crippen LogP contribution in [0.5, 0.6) is 0 Å². The Morgan fingerprint density at radius 3 is 2.32 bits per heavy atom. The quantitative estimate of drug-likeness (QED) is 0.289. The third kappa shape index (κ3) is 5.03. The summed E-state index contributed by atoms with van der Waals surface area (Å²) in [4.78, 5) is 12.2.